The lowest BCUT2D eigenvalue weighted by atomic mass is 9.84. The van der Waals surface area contributed by atoms with E-state index < -0.39 is 0 Å². The third kappa shape index (κ3) is 5.86. The molecule has 0 spiro atoms. The van der Waals surface area contributed by atoms with E-state index in [-0.39, 0.29) is 29.9 Å². The highest BCUT2D eigenvalue weighted by Crippen LogP contribution is 2.41. The van der Waals surface area contributed by atoms with Crippen molar-refractivity contribution in [2.75, 3.05) is 26.2 Å². The minimum Gasteiger partial charge on any atom is -0.393 e. The molecule has 0 radical (unpaired) electrons. The van der Waals surface area contributed by atoms with E-state index >= 15 is 0 Å². The minimum atomic E-state index is -0.332. The monoisotopic (exact) mass is 636 g/mol. The van der Waals surface area contributed by atoms with Gasteiger partial charge in [0.05, 0.1) is 28.4 Å². The smallest absolute Gasteiger partial charge is 0.255 e. The number of hydrogen-bond donors (Lipinski definition) is 2. The predicted octanol–water partition coefficient (Wildman–Crippen LogP) is 5.49. The number of para-hydroxylation sites is 1. The lowest BCUT2D eigenvalue weighted by molar-refractivity contribution is -0.139. The van der Waals surface area contributed by atoms with E-state index in [2.05, 4.69) is 40.7 Å². The number of piperidine rings is 2. The van der Waals surface area contributed by atoms with Gasteiger partial charge in [-0.15, -0.1) is 0 Å². The van der Waals surface area contributed by atoms with Gasteiger partial charge < -0.3 is 25.2 Å². The summed E-state index contributed by atoms with van der Waals surface area (Å²) in [5, 5.41) is 16.5. The highest BCUT2D eigenvalue weighted by atomic mass is 16.3. The predicted molar refractivity (Wildman–Crippen MR) is 183 cm³/mol. The van der Waals surface area contributed by atoms with E-state index in [1.54, 1.807) is 0 Å². The summed E-state index contributed by atoms with van der Waals surface area (Å²) in [6.45, 7) is 6.02. The Hall–Kier alpha value is -3.69. The molecule has 2 saturated heterocycles. The Morgan fingerprint density at radius 2 is 1.79 bits per heavy atom. The first-order valence-electron chi connectivity index (χ1n) is 18.0. The molecule has 3 aromatic heterocycles. The summed E-state index contributed by atoms with van der Waals surface area (Å²) in [6.07, 6.45) is 11.2. The molecular weight excluding hydrogens is 588 g/mol. The van der Waals surface area contributed by atoms with Crippen LogP contribution in [0.2, 0.25) is 0 Å². The molecule has 5 heterocycles. The zero-order valence-electron chi connectivity index (χ0n) is 27.6. The Morgan fingerprint density at radius 3 is 2.55 bits per heavy atom. The molecule has 2 aliphatic carbocycles. The van der Waals surface area contributed by atoms with Crippen LogP contribution in [0, 0.1) is 18.8 Å². The number of carbonyl (C=O) groups is 2. The fraction of sp³-hybridized carbons (Fsp3) is 0.553. The van der Waals surface area contributed by atoms with E-state index in [9.17, 15) is 14.7 Å². The van der Waals surface area contributed by atoms with Gasteiger partial charge >= 0.3 is 0 Å². The molecule has 0 bridgehead atoms. The molecule has 4 aromatic rings. The van der Waals surface area contributed by atoms with Gasteiger partial charge in [0.25, 0.3) is 5.91 Å². The van der Waals surface area contributed by atoms with Gasteiger partial charge in [-0.1, -0.05) is 24.6 Å². The van der Waals surface area contributed by atoms with Crippen molar-refractivity contribution in [1.82, 2.24) is 24.0 Å². The highest BCUT2D eigenvalue weighted by molar-refractivity contribution is 5.95. The number of pyridine rings is 1. The molecule has 2 aliphatic heterocycles. The zero-order valence-corrected chi connectivity index (χ0v) is 27.6. The van der Waals surface area contributed by atoms with Crippen molar-refractivity contribution in [3.8, 4) is 11.4 Å². The summed E-state index contributed by atoms with van der Waals surface area (Å²) in [5.74, 6) is 1.31. The summed E-state index contributed by atoms with van der Waals surface area (Å²) >= 11 is 0. The molecule has 9 heteroatoms. The molecule has 4 aliphatic rings. The largest absolute Gasteiger partial charge is 0.393 e. The molecule has 248 valence electrons. The van der Waals surface area contributed by atoms with Crippen LogP contribution in [0.15, 0.2) is 42.6 Å². The fourth-order valence-electron chi connectivity index (χ4n) is 8.60. The summed E-state index contributed by atoms with van der Waals surface area (Å²) < 4.78 is 4.42. The lowest BCUT2D eigenvalue weighted by Gasteiger charge is -2.36. The number of amides is 2. The van der Waals surface area contributed by atoms with Crippen LogP contribution in [0.25, 0.3) is 27.8 Å². The van der Waals surface area contributed by atoms with Crippen LogP contribution in [0.4, 0.5) is 0 Å². The number of likely N-dealkylation sites (tertiary alicyclic amines) is 2. The van der Waals surface area contributed by atoms with Crippen molar-refractivity contribution in [3.05, 3.63) is 59.3 Å². The van der Waals surface area contributed by atoms with E-state index in [0.29, 0.717) is 30.4 Å². The van der Waals surface area contributed by atoms with Gasteiger partial charge in [0.1, 0.15) is 5.69 Å². The van der Waals surface area contributed by atoms with E-state index in [4.69, 9.17) is 10.8 Å². The third-order valence-electron chi connectivity index (χ3n) is 11.4. The molecule has 2 saturated carbocycles. The number of aliphatic hydroxyl groups excluding tert-OH is 1. The van der Waals surface area contributed by atoms with Gasteiger partial charge in [-0.3, -0.25) is 9.59 Å². The average molecular weight is 637 g/mol. The molecule has 3 N–H and O–H groups in total. The molecule has 3 atom stereocenters. The van der Waals surface area contributed by atoms with Crippen molar-refractivity contribution in [1.29, 1.82) is 0 Å². The number of aryl methyl sites for hydroxylation is 1. The van der Waals surface area contributed by atoms with Crippen molar-refractivity contribution in [2.45, 2.75) is 95.7 Å². The Bertz CT molecular complexity index is 1810. The van der Waals surface area contributed by atoms with Gasteiger partial charge in [0, 0.05) is 61.8 Å². The van der Waals surface area contributed by atoms with Crippen molar-refractivity contribution in [2.24, 2.45) is 17.6 Å². The maximum absolute atomic E-state index is 13.4. The first kappa shape index (κ1) is 30.6. The number of aromatic nitrogens is 3. The van der Waals surface area contributed by atoms with Crippen molar-refractivity contribution in [3.63, 3.8) is 0 Å². The normalized spacial score (nSPS) is 24.4. The molecule has 2 amide bonds. The molecule has 47 heavy (non-hydrogen) atoms. The fourth-order valence-corrected chi connectivity index (χ4v) is 8.60. The summed E-state index contributed by atoms with van der Waals surface area (Å²) in [7, 11) is 0. The van der Waals surface area contributed by atoms with Crippen LogP contribution >= 0.6 is 0 Å². The van der Waals surface area contributed by atoms with Gasteiger partial charge in [0.15, 0.2) is 0 Å². The topological polar surface area (TPSA) is 109 Å². The minimum absolute atomic E-state index is 0.0216. The van der Waals surface area contributed by atoms with Crippen molar-refractivity contribution < 1.29 is 14.7 Å². The molecule has 0 unspecified atom stereocenters. The average Bonchev–Trinajstić information content (AvgIpc) is 3.76. The van der Waals surface area contributed by atoms with Crippen LogP contribution < -0.4 is 5.73 Å². The summed E-state index contributed by atoms with van der Waals surface area (Å²) in [5.41, 5.74) is 13.7. The van der Waals surface area contributed by atoms with Gasteiger partial charge in [-0.2, -0.15) is 5.10 Å². The van der Waals surface area contributed by atoms with E-state index in [0.717, 1.165) is 93.6 Å². The number of hydrogen-bond acceptors (Lipinski definition) is 5. The second kappa shape index (κ2) is 12.4. The molecule has 8 rings (SSSR count). The Morgan fingerprint density at radius 1 is 0.957 bits per heavy atom. The number of fused-ring (bicyclic) bond motifs is 2. The number of nitrogens with two attached hydrogens (primary N) is 1. The van der Waals surface area contributed by atoms with Crippen LogP contribution in [-0.2, 0) is 11.3 Å². The highest BCUT2D eigenvalue weighted by Gasteiger charge is 2.33. The van der Waals surface area contributed by atoms with Crippen LogP contribution in [0.5, 0.6) is 0 Å². The number of carbonyl (C=O) groups excluding carboxylic acids is 2. The number of aliphatic hydroxyl groups is 1. The quantitative estimate of drug-likeness (QED) is 0.291. The number of benzene rings is 1. The number of rotatable bonds is 6. The Labute approximate surface area is 276 Å². The molecular formula is C38H48N6O3. The lowest BCUT2D eigenvalue weighted by Crippen LogP contribution is -2.45. The summed E-state index contributed by atoms with van der Waals surface area (Å²) in [4.78, 5) is 30.7. The standard InChI is InChI=1S/C38H48N6O3/c1-24-33-13-12-29(38(47)42-16-4-7-30(39)23-42)22-44(33)40-35(24)34-20-27-5-3-9-32(36(27)43(34)21-25-10-11-25)26-14-17-41(18-15-26)37(46)28-6-2-8-31(45)19-28/h3,5,9,12-13,20,22,25-26,28,30-31,45H,2,4,6-8,10-11,14-19,21,23,39H2,1H3/t28-,30+,31+/m0/s1. The second-order valence-corrected chi connectivity index (χ2v) is 14.9. The second-order valence-electron chi connectivity index (χ2n) is 14.9. The van der Waals surface area contributed by atoms with Crippen LogP contribution in [0.1, 0.15) is 91.6 Å². The third-order valence-corrected chi connectivity index (χ3v) is 11.4. The van der Waals surface area contributed by atoms with E-state index in [1.807, 2.05) is 27.7 Å². The molecule has 1 aromatic carbocycles. The van der Waals surface area contributed by atoms with Crippen LogP contribution in [0.3, 0.4) is 0 Å². The van der Waals surface area contributed by atoms with Gasteiger partial charge in [-0.25, -0.2) is 4.52 Å². The first-order chi connectivity index (χ1) is 22.8. The van der Waals surface area contributed by atoms with E-state index in [1.165, 1.54) is 29.3 Å². The van der Waals surface area contributed by atoms with Crippen molar-refractivity contribution >= 4 is 28.2 Å². The Kier molecular flexibility index (Phi) is 8.08. The number of nitrogens with zero attached hydrogens (tertiary/aromatic N) is 5. The summed E-state index contributed by atoms with van der Waals surface area (Å²) in [6, 6.07) is 13.0. The van der Waals surface area contributed by atoms with Crippen LogP contribution in [-0.4, -0.2) is 79.2 Å². The van der Waals surface area contributed by atoms with Gasteiger partial charge in [-0.05, 0) is 100 Å². The first-order valence-corrected chi connectivity index (χ1v) is 18.0. The Balaban J connectivity index is 1.10. The molecule has 4 fully saturated rings. The van der Waals surface area contributed by atoms with Gasteiger partial charge in [0.2, 0.25) is 5.91 Å². The zero-order chi connectivity index (χ0) is 32.2. The SMILES string of the molecule is Cc1c(-c2cc3cccc(C4CCN(C(=O)[C@H]5CCC[C@@H](O)C5)CC4)c3n2CC2CC2)nn2cc(C(=O)N3CCC[C@@H](N)C3)ccc12. The molecule has 9 nitrogen and oxygen atoms in total. The maximum atomic E-state index is 13.4. The maximum Gasteiger partial charge on any atom is 0.255 e.